The lowest BCUT2D eigenvalue weighted by molar-refractivity contribution is -0.142. The first kappa shape index (κ1) is 19.1. The molecule has 2 N–H and O–H groups in total. The Kier molecular flexibility index (Phi) is 7.30. The smallest absolute Gasteiger partial charge is 0.308 e. The van der Waals surface area contributed by atoms with Crippen LogP contribution in [0, 0.1) is 0 Å². The Labute approximate surface area is 150 Å². The molecular formula is C19H20N2O5. The second-order valence-corrected chi connectivity index (χ2v) is 5.56. The number of ether oxygens (including phenoxy) is 1. The van der Waals surface area contributed by atoms with Crippen molar-refractivity contribution in [3.05, 3.63) is 59.9 Å². The molecule has 7 heteroatoms. The van der Waals surface area contributed by atoms with Crippen LogP contribution in [0.2, 0.25) is 0 Å². The van der Waals surface area contributed by atoms with Gasteiger partial charge in [0.25, 0.3) is 0 Å². The number of hydrogen-bond acceptors (Lipinski definition) is 5. The molecule has 7 nitrogen and oxygen atoms in total. The first-order chi connectivity index (χ1) is 12.6. The van der Waals surface area contributed by atoms with Crippen LogP contribution < -0.4 is 5.32 Å². The molecule has 0 aliphatic rings. The Hall–Kier alpha value is -3.22. The lowest BCUT2D eigenvalue weighted by atomic mass is 10.1. The fraction of sp³-hybridized carbons (Fsp3) is 0.263. The molecule has 0 aliphatic carbocycles. The molecule has 0 spiro atoms. The summed E-state index contributed by atoms with van der Waals surface area (Å²) in [5.74, 6) is -1.33. The second kappa shape index (κ2) is 9.93. The van der Waals surface area contributed by atoms with E-state index in [-0.39, 0.29) is 49.9 Å². The van der Waals surface area contributed by atoms with Crippen molar-refractivity contribution < 1.29 is 23.9 Å². The number of aromatic amines is 1. The molecule has 0 unspecified atom stereocenters. The van der Waals surface area contributed by atoms with E-state index in [2.05, 4.69) is 10.3 Å². The van der Waals surface area contributed by atoms with Gasteiger partial charge in [-0.1, -0.05) is 30.3 Å². The fourth-order valence-corrected chi connectivity index (χ4v) is 2.19. The van der Waals surface area contributed by atoms with E-state index >= 15 is 0 Å². The van der Waals surface area contributed by atoms with E-state index in [4.69, 9.17) is 4.74 Å². The Morgan fingerprint density at radius 3 is 2.35 bits per heavy atom. The minimum atomic E-state index is -0.578. The van der Waals surface area contributed by atoms with Gasteiger partial charge in [0.1, 0.15) is 0 Å². The third-order valence-electron chi connectivity index (χ3n) is 3.59. The number of ketones is 2. The molecule has 26 heavy (non-hydrogen) atoms. The minimum Gasteiger partial charge on any atom is -0.457 e. The van der Waals surface area contributed by atoms with E-state index in [0.717, 1.165) is 0 Å². The predicted octanol–water partition coefficient (Wildman–Crippen LogP) is 1.91. The normalized spacial score (nSPS) is 10.2. The van der Waals surface area contributed by atoms with Gasteiger partial charge in [0.15, 0.2) is 12.4 Å². The summed E-state index contributed by atoms with van der Waals surface area (Å²) in [5.41, 5.74) is 0.935. The van der Waals surface area contributed by atoms with E-state index in [1.807, 2.05) is 6.07 Å². The Balaban J connectivity index is 1.58. The van der Waals surface area contributed by atoms with Gasteiger partial charge in [-0.2, -0.15) is 0 Å². The summed E-state index contributed by atoms with van der Waals surface area (Å²) >= 11 is 0. The topological polar surface area (TPSA) is 105 Å². The highest BCUT2D eigenvalue weighted by atomic mass is 16.5. The van der Waals surface area contributed by atoms with Crippen LogP contribution in [-0.2, 0) is 14.3 Å². The molecule has 136 valence electrons. The molecule has 1 amide bonds. The number of aromatic nitrogens is 1. The fourth-order valence-electron chi connectivity index (χ4n) is 2.19. The Morgan fingerprint density at radius 2 is 1.65 bits per heavy atom. The number of nitrogens with one attached hydrogen (secondary N) is 2. The number of benzene rings is 1. The summed E-state index contributed by atoms with van der Waals surface area (Å²) in [6, 6.07) is 12.0. The zero-order valence-corrected chi connectivity index (χ0v) is 14.2. The highest BCUT2D eigenvalue weighted by Crippen LogP contribution is 2.05. The standard InChI is InChI=1S/C19H20N2O5/c22-16(14-5-2-1-3-6-14)8-9-18(24)21-12-10-19(25)26-13-17(23)15-7-4-11-20-15/h1-7,11,20H,8-10,12-13H2,(H,21,24). The van der Waals surface area contributed by atoms with Crippen molar-refractivity contribution in [1.82, 2.24) is 10.3 Å². The van der Waals surface area contributed by atoms with Gasteiger partial charge in [-0.15, -0.1) is 0 Å². The second-order valence-electron chi connectivity index (χ2n) is 5.56. The molecule has 1 heterocycles. The molecule has 2 aromatic rings. The monoisotopic (exact) mass is 356 g/mol. The number of Topliss-reactive ketones (excluding diaryl/α,β-unsaturated/α-hetero) is 2. The average Bonchev–Trinajstić information content (AvgIpc) is 3.19. The van der Waals surface area contributed by atoms with Crippen molar-refractivity contribution in [3.8, 4) is 0 Å². The summed E-state index contributed by atoms with van der Waals surface area (Å²) in [5, 5.41) is 2.55. The van der Waals surface area contributed by atoms with Crippen LogP contribution in [0.15, 0.2) is 48.7 Å². The molecule has 1 aromatic heterocycles. The van der Waals surface area contributed by atoms with E-state index in [0.29, 0.717) is 11.3 Å². The molecular weight excluding hydrogens is 336 g/mol. The quantitative estimate of drug-likeness (QED) is 0.500. The summed E-state index contributed by atoms with van der Waals surface area (Å²) in [4.78, 5) is 49.5. The zero-order chi connectivity index (χ0) is 18.8. The van der Waals surface area contributed by atoms with Crippen LogP contribution in [0.5, 0.6) is 0 Å². The van der Waals surface area contributed by atoms with E-state index in [1.54, 1.807) is 42.6 Å². The summed E-state index contributed by atoms with van der Waals surface area (Å²) in [6.45, 7) is -0.257. The van der Waals surface area contributed by atoms with Crippen molar-refractivity contribution in [2.24, 2.45) is 0 Å². The Morgan fingerprint density at radius 1 is 0.885 bits per heavy atom. The third kappa shape index (κ3) is 6.35. The lowest BCUT2D eigenvalue weighted by Gasteiger charge is -2.06. The molecule has 0 saturated carbocycles. The summed E-state index contributed by atoms with van der Waals surface area (Å²) < 4.78 is 4.85. The first-order valence-electron chi connectivity index (χ1n) is 8.23. The van der Waals surface area contributed by atoms with E-state index in [9.17, 15) is 19.2 Å². The van der Waals surface area contributed by atoms with Gasteiger partial charge >= 0.3 is 5.97 Å². The van der Waals surface area contributed by atoms with Crippen LogP contribution in [0.1, 0.15) is 40.1 Å². The van der Waals surface area contributed by atoms with Crippen molar-refractivity contribution in [2.45, 2.75) is 19.3 Å². The molecule has 0 bridgehead atoms. The number of amides is 1. The van der Waals surface area contributed by atoms with E-state index < -0.39 is 5.97 Å². The van der Waals surface area contributed by atoms with Gasteiger partial charge in [0.2, 0.25) is 11.7 Å². The molecule has 0 radical (unpaired) electrons. The van der Waals surface area contributed by atoms with Crippen LogP contribution in [0.25, 0.3) is 0 Å². The van der Waals surface area contributed by atoms with Crippen LogP contribution >= 0.6 is 0 Å². The number of carbonyl (C=O) groups is 4. The number of hydrogen-bond donors (Lipinski definition) is 2. The number of esters is 1. The Bertz CT molecular complexity index is 754. The molecule has 0 aliphatic heterocycles. The van der Waals surface area contributed by atoms with Crippen molar-refractivity contribution in [3.63, 3.8) is 0 Å². The molecule has 2 rings (SSSR count). The SMILES string of the molecule is O=C(CCC(=O)c1ccccc1)NCCC(=O)OCC(=O)c1ccc[nH]1. The highest BCUT2D eigenvalue weighted by Gasteiger charge is 2.12. The molecule has 0 saturated heterocycles. The van der Waals surface area contributed by atoms with Crippen LogP contribution in [-0.4, -0.2) is 41.6 Å². The summed E-state index contributed by atoms with van der Waals surface area (Å²) in [6.07, 6.45) is 1.71. The molecule has 1 aromatic carbocycles. The summed E-state index contributed by atoms with van der Waals surface area (Å²) in [7, 11) is 0. The zero-order valence-electron chi connectivity index (χ0n) is 14.2. The van der Waals surface area contributed by atoms with E-state index in [1.165, 1.54) is 0 Å². The van der Waals surface area contributed by atoms with Crippen molar-refractivity contribution >= 4 is 23.4 Å². The maximum atomic E-state index is 11.9. The van der Waals surface area contributed by atoms with Crippen molar-refractivity contribution in [1.29, 1.82) is 0 Å². The molecule has 0 atom stereocenters. The number of rotatable bonds is 10. The van der Waals surface area contributed by atoms with Gasteiger partial charge in [-0.3, -0.25) is 19.2 Å². The van der Waals surface area contributed by atoms with Crippen LogP contribution in [0.3, 0.4) is 0 Å². The maximum Gasteiger partial charge on any atom is 0.308 e. The number of carbonyl (C=O) groups excluding carboxylic acids is 4. The van der Waals surface area contributed by atoms with Gasteiger partial charge < -0.3 is 15.0 Å². The van der Waals surface area contributed by atoms with Gasteiger partial charge in [0.05, 0.1) is 12.1 Å². The predicted molar refractivity (Wildman–Crippen MR) is 93.7 cm³/mol. The van der Waals surface area contributed by atoms with Gasteiger partial charge in [-0.05, 0) is 12.1 Å². The maximum absolute atomic E-state index is 11.9. The third-order valence-corrected chi connectivity index (χ3v) is 3.59. The first-order valence-corrected chi connectivity index (χ1v) is 8.23. The largest absolute Gasteiger partial charge is 0.457 e. The van der Waals surface area contributed by atoms with Crippen LogP contribution in [0.4, 0.5) is 0 Å². The highest BCUT2D eigenvalue weighted by molar-refractivity contribution is 5.98. The average molecular weight is 356 g/mol. The van der Waals surface area contributed by atoms with Crippen molar-refractivity contribution in [2.75, 3.05) is 13.2 Å². The molecule has 0 fully saturated rings. The van der Waals surface area contributed by atoms with Gasteiger partial charge in [0, 0.05) is 31.1 Å². The lowest BCUT2D eigenvalue weighted by Crippen LogP contribution is -2.27. The number of H-pyrrole nitrogens is 1. The minimum absolute atomic E-state index is 0.0453. The van der Waals surface area contributed by atoms with Gasteiger partial charge in [-0.25, -0.2) is 0 Å².